The lowest BCUT2D eigenvalue weighted by Crippen LogP contribution is -2.63. The minimum atomic E-state index is -3.79. The molecule has 0 aromatic heterocycles. The van der Waals surface area contributed by atoms with E-state index < -0.39 is 38.1 Å². The minimum absolute atomic E-state index is 0. The first-order valence-corrected chi connectivity index (χ1v) is 10.3. The topological polar surface area (TPSA) is 130 Å². The maximum Gasteiger partial charge on any atom is 0.246 e. The first kappa shape index (κ1) is 25.4. The number of carbonyl (C=O) groups is 2. The number of hydrogen-bond donors (Lipinski definition) is 2. The molecule has 0 bridgehead atoms. The molecule has 0 aliphatic rings. The molecule has 1 amide bonds. The van der Waals surface area contributed by atoms with Crippen LogP contribution >= 0.6 is 12.4 Å². The molecule has 4 N–H and O–H groups in total. The van der Waals surface area contributed by atoms with E-state index in [2.05, 4.69) is 0 Å². The molecular formula is C18H29ClN2O5S. The van der Waals surface area contributed by atoms with Gasteiger partial charge in [0.1, 0.15) is 5.75 Å². The van der Waals surface area contributed by atoms with E-state index in [1.54, 1.807) is 0 Å². The third kappa shape index (κ3) is 6.19. The fraction of sp³-hybridized carbons (Fsp3) is 0.556. The van der Waals surface area contributed by atoms with Crippen LogP contribution < -0.4 is 16.2 Å². The van der Waals surface area contributed by atoms with Gasteiger partial charge in [-0.3, -0.25) is 9.59 Å². The zero-order valence-corrected chi connectivity index (χ0v) is 17.6. The number of halogens is 1. The molecule has 7 nitrogen and oxygen atoms in total. The van der Waals surface area contributed by atoms with Crippen molar-refractivity contribution in [3.05, 3.63) is 29.8 Å². The first-order chi connectivity index (χ1) is 12.1. The Labute approximate surface area is 167 Å². The van der Waals surface area contributed by atoms with Gasteiger partial charge in [-0.1, -0.05) is 26.7 Å². The van der Waals surface area contributed by atoms with Crippen molar-refractivity contribution >= 4 is 33.9 Å². The second kappa shape index (κ2) is 10.6. The zero-order valence-electron chi connectivity index (χ0n) is 15.9. The normalized spacial score (nSPS) is 13.5. The SMILES string of the molecule is CCCC(CCC)S(=O)(=O)CC(N)(C(N)=O)C(=O)c1ccc(OC)cc1.Cl. The van der Waals surface area contributed by atoms with Gasteiger partial charge in [0.25, 0.3) is 0 Å². The minimum Gasteiger partial charge on any atom is -0.497 e. The Morgan fingerprint density at radius 1 is 1.11 bits per heavy atom. The van der Waals surface area contributed by atoms with Crippen molar-refractivity contribution in [3.8, 4) is 5.75 Å². The number of benzene rings is 1. The van der Waals surface area contributed by atoms with Crippen LogP contribution in [0.15, 0.2) is 24.3 Å². The number of rotatable bonds is 11. The Morgan fingerprint density at radius 3 is 1.96 bits per heavy atom. The van der Waals surface area contributed by atoms with Gasteiger partial charge in [0.05, 0.1) is 18.1 Å². The highest BCUT2D eigenvalue weighted by Crippen LogP contribution is 2.22. The highest BCUT2D eigenvalue weighted by molar-refractivity contribution is 7.92. The largest absolute Gasteiger partial charge is 0.497 e. The molecule has 0 fully saturated rings. The number of hydrogen-bond acceptors (Lipinski definition) is 6. The molecule has 0 spiro atoms. The van der Waals surface area contributed by atoms with Gasteiger partial charge in [0.15, 0.2) is 21.2 Å². The lowest BCUT2D eigenvalue weighted by molar-refractivity contribution is -0.120. The molecule has 0 aliphatic heterocycles. The van der Waals surface area contributed by atoms with Gasteiger partial charge in [-0.2, -0.15) is 0 Å². The van der Waals surface area contributed by atoms with Crippen LogP contribution in [0.5, 0.6) is 5.75 Å². The number of primary amides is 1. The molecule has 1 aromatic carbocycles. The molecule has 27 heavy (non-hydrogen) atoms. The van der Waals surface area contributed by atoms with Crippen LogP contribution in [0.2, 0.25) is 0 Å². The molecule has 1 aromatic rings. The third-order valence-corrected chi connectivity index (χ3v) is 6.70. The molecule has 1 unspecified atom stereocenters. The molecule has 9 heteroatoms. The molecule has 1 atom stereocenters. The highest BCUT2D eigenvalue weighted by atomic mass is 35.5. The Bertz CT molecular complexity index is 731. The van der Waals surface area contributed by atoms with E-state index in [9.17, 15) is 18.0 Å². The lowest BCUT2D eigenvalue weighted by Gasteiger charge is -2.27. The molecule has 1 rings (SSSR count). The molecule has 0 radical (unpaired) electrons. The predicted octanol–water partition coefficient (Wildman–Crippen LogP) is 1.87. The zero-order chi connectivity index (χ0) is 20.0. The van der Waals surface area contributed by atoms with Crippen molar-refractivity contribution in [1.29, 1.82) is 0 Å². The third-order valence-electron chi connectivity index (χ3n) is 4.36. The van der Waals surface area contributed by atoms with E-state index >= 15 is 0 Å². The second-order valence-corrected chi connectivity index (χ2v) is 8.68. The molecule has 0 saturated heterocycles. The van der Waals surface area contributed by atoms with Crippen molar-refractivity contribution in [2.45, 2.75) is 50.3 Å². The Balaban J connectivity index is 0.00000676. The van der Waals surface area contributed by atoms with Crippen LogP contribution in [0, 0.1) is 0 Å². The van der Waals surface area contributed by atoms with E-state index in [-0.39, 0.29) is 18.0 Å². The van der Waals surface area contributed by atoms with Gasteiger partial charge in [-0.25, -0.2) is 8.42 Å². The van der Waals surface area contributed by atoms with Crippen LogP contribution in [0.25, 0.3) is 0 Å². The Hall–Kier alpha value is -1.64. The second-order valence-electron chi connectivity index (χ2n) is 6.40. The highest BCUT2D eigenvalue weighted by Gasteiger charge is 2.46. The number of carbonyl (C=O) groups excluding carboxylic acids is 2. The maximum atomic E-state index is 12.8. The van der Waals surface area contributed by atoms with Crippen molar-refractivity contribution in [1.82, 2.24) is 0 Å². The summed E-state index contributed by atoms with van der Waals surface area (Å²) in [6.07, 6.45) is 2.23. The molecule has 0 saturated carbocycles. The average molecular weight is 421 g/mol. The number of ether oxygens (including phenoxy) is 1. The summed E-state index contributed by atoms with van der Waals surface area (Å²) in [4.78, 5) is 24.8. The van der Waals surface area contributed by atoms with Crippen molar-refractivity contribution < 1.29 is 22.7 Å². The van der Waals surface area contributed by atoms with Gasteiger partial charge in [-0.05, 0) is 37.1 Å². The Morgan fingerprint density at radius 2 is 1.59 bits per heavy atom. The number of Topliss-reactive ketones (excluding diaryl/α,β-unsaturated/α-hetero) is 1. The summed E-state index contributed by atoms with van der Waals surface area (Å²) in [7, 11) is -2.31. The summed E-state index contributed by atoms with van der Waals surface area (Å²) in [5.41, 5.74) is 9.10. The summed E-state index contributed by atoms with van der Waals surface area (Å²) in [5, 5.41) is -0.650. The van der Waals surface area contributed by atoms with Crippen LogP contribution in [0.1, 0.15) is 49.9 Å². The van der Waals surface area contributed by atoms with Gasteiger partial charge < -0.3 is 16.2 Å². The van der Waals surface area contributed by atoms with Gasteiger partial charge in [-0.15, -0.1) is 12.4 Å². The van der Waals surface area contributed by atoms with E-state index in [4.69, 9.17) is 16.2 Å². The van der Waals surface area contributed by atoms with Crippen molar-refractivity contribution in [3.63, 3.8) is 0 Å². The lowest BCUT2D eigenvalue weighted by atomic mass is 9.91. The number of sulfone groups is 1. The molecule has 154 valence electrons. The standard InChI is InChI=1S/C18H28N2O5S.ClH/c1-4-6-15(7-5-2)26(23,24)12-18(20,17(19)22)16(21)13-8-10-14(25-3)11-9-13;/h8-11,15H,4-7,12,20H2,1-3H3,(H2,19,22);1H. The fourth-order valence-electron chi connectivity index (χ4n) is 2.83. The van der Waals surface area contributed by atoms with Crippen LogP contribution in [0.3, 0.4) is 0 Å². The van der Waals surface area contributed by atoms with Gasteiger partial charge in [0.2, 0.25) is 5.91 Å². The van der Waals surface area contributed by atoms with E-state index in [0.29, 0.717) is 31.4 Å². The number of nitrogens with two attached hydrogens (primary N) is 2. The fourth-order valence-corrected chi connectivity index (χ4v) is 5.16. The summed E-state index contributed by atoms with van der Waals surface area (Å²) in [6, 6.07) is 5.90. The summed E-state index contributed by atoms with van der Waals surface area (Å²) >= 11 is 0. The van der Waals surface area contributed by atoms with Gasteiger partial charge in [0, 0.05) is 5.56 Å². The van der Waals surface area contributed by atoms with E-state index in [1.165, 1.54) is 31.4 Å². The predicted molar refractivity (Wildman–Crippen MR) is 108 cm³/mol. The van der Waals surface area contributed by atoms with E-state index in [1.807, 2.05) is 13.8 Å². The summed E-state index contributed by atoms with van der Waals surface area (Å²) in [5.74, 6) is -2.26. The van der Waals surface area contributed by atoms with Crippen LogP contribution in [-0.4, -0.2) is 43.8 Å². The summed E-state index contributed by atoms with van der Waals surface area (Å²) < 4.78 is 30.6. The van der Waals surface area contributed by atoms with E-state index in [0.717, 1.165) is 0 Å². The first-order valence-electron chi connectivity index (χ1n) is 8.61. The quantitative estimate of drug-likeness (QED) is 0.415. The number of methoxy groups -OCH3 is 1. The monoisotopic (exact) mass is 420 g/mol. The van der Waals surface area contributed by atoms with Crippen molar-refractivity contribution in [2.75, 3.05) is 12.9 Å². The van der Waals surface area contributed by atoms with Crippen LogP contribution in [0.4, 0.5) is 0 Å². The smallest absolute Gasteiger partial charge is 0.246 e. The number of amides is 1. The molecular weight excluding hydrogens is 392 g/mol. The summed E-state index contributed by atoms with van der Waals surface area (Å²) in [6.45, 7) is 3.76. The average Bonchev–Trinajstić information content (AvgIpc) is 2.60. The number of ketones is 1. The van der Waals surface area contributed by atoms with Gasteiger partial charge >= 0.3 is 0 Å². The van der Waals surface area contributed by atoms with Crippen LogP contribution in [-0.2, 0) is 14.6 Å². The maximum absolute atomic E-state index is 12.8. The molecule has 0 heterocycles. The Kier molecular flexibility index (Phi) is 9.99. The molecule has 0 aliphatic carbocycles. The van der Waals surface area contributed by atoms with Crippen molar-refractivity contribution in [2.24, 2.45) is 11.5 Å².